The van der Waals surface area contributed by atoms with Gasteiger partial charge in [-0.25, -0.2) is 0 Å². The van der Waals surface area contributed by atoms with Crippen molar-refractivity contribution in [1.29, 1.82) is 0 Å². The SMILES string of the molecule is CCOc1ccc(-c2cc(CCCC(=O)N3CCN(C(c4ccccc4)c4ccccc4)CC3)no2)cc1. The van der Waals surface area contributed by atoms with Crippen LogP contribution in [0.5, 0.6) is 5.75 Å². The normalized spacial score (nSPS) is 14.1. The fourth-order valence-corrected chi connectivity index (χ4v) is 5.14. The molecule has 2 heterocycles. The average Bonchev–Trinajstić information content (AvgIpc) is 3.44. The number of nitrogens with zero attached hydrogens (tertiary/aromatic N) is 3. The second kappa shape index (κ2) is 12.6. The van der Waals surface area contributed by atoms with Crippen LogP contribution in [0.1, 0.15) is 42.6 Å². The lowest BCUT2D eigenvalue weighted by atomic mass is 9.96. The largest absolute Gasteiger partial charge is 0.494 e. The van der Waals surface area contributed by atoms with Gasteiger partial charge in [0.2, 0.25) is 5.91 Å². The molecule has 1 aromatic heterocycles. The highest BCUT2D eigenvalue weighted by Crippen LogP contribution is 2.29. The van der Waals surface area contributed by atoms with E-state index in [4.69, 9.17) is 9.26 Å². The molecule has 0 bridgehead atoms. The van der Waals surface area contributed by atoms with Crippen molar-refractivity contribution in [2.24, 2.45) is 0 Å². The Bertz CT molecular complexity index is 1240. The molecule has 38 heavy (non-hydrogen) atoms. The summed E-state index contributed by atoms with van der Waals surface area (Å²) in [6, 6.07) is 31.3. The Morgan fingerprint density at radius 1 is 0.895 bits per heavy atom. The number of hydrogen-bond acceptors (Lipinski definition) is 5. The van der Waals surface area contributed by atoms with Crippen LogP contribution in [0.3, 0.4) is 0 Å². The van der Waals surface area contributed by atoms with Gasteiger partial charge in [-0.15, -0.1) is 0 Å². The van der Waals surface area contributed by atoms with E-state index in [1.165, 1.54) is 11.1 Å². The van der Waals surface area contributed by atoms with Gasteiger partial charge in [0.15, 0.2) is 5.76 Å². The number of aryl methyl sites for hydroxylation is 1. The molecule has 0 atom stereocenters. The Morgan fingerprint density at radius 3 is 2.13 bits per heavy atom. The predicted octanol–water partition coefficient (Wildman–Crippen LogP) is 6.00. The summed E-state index contributed by atoms with van der Waals surface area (Å²) in [5.74, 6) is 1.79. The first kappa shape index (κ1) is 25.7. The van der Waals surface area contributed by atoms with Gasteiger partial charge in [-0.2, -0.15) is 0 Å². The maximum atomic E-state index is 13.0. The highest BCUT2D eigenvalue weighted by Gasteiger charge is 2.28. The Hall–Kier alpha value is -3.90. The van der Waals surface area contributed by atoms with E-state index in [2.05, 4.69) is 70.7 Å². The molecule has 5 rings (SSSR count). The van der Waals surface area contributed by atoms with Crippen molar-refractivity contribution in [2.75, 3.05) is 32.8 Å². The Morgan fingerprint density at radius 2 is 1.53 bits per heavy atom. The van der Waals surface area contributed by atoms with E-state index in [9.17, 15) is 4.79 Å². The molecule has 0 aliphatic carbocycles. The van der Waals surface area contributed by atoms with Crippen LogP contribution in [0, 0.1) is 0 Å². The summed E-state index contributed by atoms with van der Waals surface area (Å²) < 4.78 is 11.0. The summed E-state index contributed by atoms with van der Waals surface area (Å²) in [6.07, 6.45) is 1.99. The third-order valence-electron chi connectivity index (χ3n) is 7.10. The number of carbonyl (C=O) groups is 1. The monoisotopic (exact) mass is 509 g/mol. The molecule has 4 aromatic rings. The van der Waals surface area contributed by atoms with Gasteiger partial charge in [0.1, 0.15) is 5.75 Å². The molecule has 1 saturated heterocycles. The van der Waals surface area contributed by atoms with Crippen LogP contribution in [0.25, 0.3) is 11.3 Å². The number of rotatable bonds is 10. The van der Waals surface area contributed by atoms with E-state index in [0.29, 0.717) is 13.0 Å². The molecule has 0 N–H and O–H groups in total. The Kier molecular flexibility index (Phi) is 8.51. The number of ether oxygens (including phenoxy) is 1. The van der Waals surface area contributed by atoms with Gasteiger partial charge in [-0.1, -0.05) is 65.8 Å². The number of amides is 1. The van der Waals surface area contributed by atoms with Crippen molar-refractivity contribution in [3.8, 4) is 17.1 Å². The zero-order valence-corrected chi connectivity index (χ0v) is 22.0. The van der Waals surface area contributed by atoms with Crippen LogP contribution < -0.4 is 4.74 Å². The second-order valence-corrected chi connectivity index (χ2v) is 9.63. The number of hydrogen-bond donors (Lipinski definition) is 0. The zero-order valence-electron chi connectivity index (χ0n) is 22.0. The summed E-state index contributed by atoms with van der Waals surface area (Å²) in [5, 5.41) is 4.21. The minimum absolute atomic E-state index is 0.200. The van der Waals surface area contributed by atoms with Gasteiger partial charge >= 0.3 is 0 Å². The van der Waals surface area contributed by atoms with Crippen LogP contribution in [0.2, 0.25) is 0 Å². The van der Waals surface area contributed by atoms with E-state index < -0.39 is 0 Å². The van der Waals surface area contributed by atoms with Crippen LogP contribution in [0.15, 0.2) is 95.5 Å². The number of piperazine rings is 1. The minimum atomic E-state index is 0.200. The zero-order chi connectivity index (χ0) is 26.2. The van der Waals surface area contributed by atoms with Gasteiger partial charge in [0.25, 0.3) is 0 Å². The number of carbonyl (C=O) groups excluding carboxylic acids is 1. The minimum Gasteiger partial charge on any atom is -0.494 e. The molecule has 0 unspecified atom stereocenters. The van der Waals surface area contributed by atoms with Gasteiger partial charge in [0.05, 0.1) is 18.3 Å². The number of aromatic nitrogens is 1. The maximum Gasteiger partial charge on any atom is 0.222 e. The highest BCUT2D eigenvalue weighted by atomic mass is 16.5. The number of benzene rings is 3. The van der Waals surface area contributed by atoms with Crippen LogP contribution >= 0.6 is 0 Å². The molecule has 1 fully saturated rings. The quantitative estimate of drug-likeness (QED) is 0.263. The first-order valence-corrected chi connectivity index (χ1v) is 13.5. The fraction of sp³-hybridized carbons (Fsp3) is 0.312. The summed E-state index contributed by atoms with van der Waals surface area (Å²) in [7, 11) is 0. The predicted molar refractivity (Wildman–Crippen MR) is 149 cm³/mol. The topological polar surface area (TPSA) is 58.8 Å². The third kappa shape index (κ3) is 6.32. The third-order valence-corrected chi connectivity index (χ3v) is 7.10. The standard InChI is InChI=1S/C32H35N3O3/c1-2-37-29-18-16-25(17-19-29)30-24-28(33-38-30)14-9-15-31(36)34-20-22-35(23-21-34)32(26-10-5-3-6-11-26)27-12-7-4-8-13-27/h3-8,10-13,16-19,24,32H,2,9,14-15,20-23H2,1H3. The average molecular weight is 510 g/mol. The Balaban J connectivity index is 1.11. The van der Waals surface area contributed by atoms with Crippen LogP contribution in [-0.4, -0.2) is 53.6 Å². The first-order valence-electron chi connectivity index (χ1n) is 13.5. The lowest BCUT2D eigenvalue weighted by Crippen LogP contribution is -2.49. The van der Waals surface area contributed by atoms with Crippen molar-refractivity contribution in [2.45, 2.75) is 32.2 Å². The van der Waals surface area contributed by atoms with Crippen molar-refractivity contribution >= 4 is 5.91 Å². The molecular weight excluding hydrogens is 474 g/mol. The van der Waals surface area contributed by atoms with Crippen molar-refractivity contribution < 1.29 is 14.1 Å². The van der Waals surface area contributed by atoms with Gasteiger partial charge in [-0.3, -0.25) is 9.69 Å². The molecular formula is C32H35N3O3. The molecule has 1 amide bonds. The van der Waals surface area contributed by atoms with Gasteiger partial charge in [-0.05, 0) is 55.2 Å². The molecule has 3 aromatic carbocycles. The molecule has 0 saturated carbocycles. The second-order valence-electron chi connectivity index (χ2n) is 9.63. The molecule has 1 aliphatic rings. The first-order chi connectivity index (χ1) is 18.7. The van der Waals surface area contributed by atoms with Crippen LogP contribution in [0.4, 0.5) is 0 Å². The van der Waals surface area contributed by atoms with E-state index in [1.807, 2.05) is 42.2 Å². The lowest BCUT2D eigenvalue weighted by molar-refractivity contribution is -0.133. The lowest BCUT2D eigenvalue weighted by Gasteiger charge is -2.40. The summed E-state index contributed by atoms with van der Waals surface area (Å²) in [6.45, 7) is 5.82. The van der Waals surface area contributed by atoms with E-state index >= 15 is 0 Å². The smallest absolute Gasteiger partial charge is 0.222 e. The summed E-state index contributed by atoms with van der Waals surface area (Å²) >= 11 is 0. The van der Waals surface area contributed by atoms with Gasteiger partial charge < -0.3 is 14.2 Å². The molecule has 196 valence electrons. The molecule has 0 spiro atoms. The highest BCUT2D eigenvalue weighted by molar-refractivity contribution is 5.76. The van der Waals surface area contributed by atoms with E-state index in [1.54, 1.807) is 0 Å². The van der Waals surface area contributed by atoms with Crippen molar-refractivity contribution in [1.82, 2.24) is 15.0 Å². The van der Waals surface area contributed by atoms with Crippen molar-refractivity contribution in [3.05, 3.63) is 108 Å². The molecule has 0 radical (unpaired) electrons. The van der Waals surface area contributed by atoms with E-state index in [0.717, 1.165) is 61.8 Å². The maximum absolute atomic E-state index is 13.0. The molecule has 6 nitrogen and oxygen atoms in total. The van der Waals surface area contributed by atoms with Crippen LogP contribution in [-0.2, 0) is 11.2 Å². The summed E-state index contributed by atoms with van der Waals surface area (Å²) in [4.78, 5) is 17.5. The molecule has 1 aliphatic heterocycles. The fourth-order valence-electron chi connectivity index (χ4n) is 5.14. The van der Waals surface area contributed by atoms with E-state index in [-0.39, 0.29) is 11.9 Å². The summed E-state index contributed by atoms with van der Waals surface area (Å²) in [5.41, 5.74) is 4.41. The Labute approximate surface area is 224 Å². The van der Waals surface area contributed by atoms with Gasteiger partial charge in [0, 0.05) is 44.2 Å². The van der Waals surface area contributed by atoms with Crippen molar-refractivity contribution in [3.63, 3.8) is 0 Å². The molecule has 6 heteroatoms.